The molecule has 0 fully saturated rings. The van der Waals surface area contributed by atoms with E-state index >= 15 is 0 Å². The molecule has 0 amide bonds. The summed E-state index contributed by atoms with van der Waals surface area (Å²) in [6, 6.07) is 34.0. The standard InChI is InChI=1S/C40H32/c1-5-13-27(14-6-1)35-25-36(28-15-7-2-8-16-28)32-23-24-34-38(30-19-11-4-12-20-30)26-37(29-17-9-3-10-18-29)33-22-21-31(35)39(32)40(33)34/h1-3,5-9,11,13-17,19-25,38H,4,10,12,18,26H2. The molecule has 8 rings (SSSR count). The van der Waals surface area contributed by atoms with Crippen LogP contribution in [-0.4, -0.2) is 0 Å². The molecule has 0 aromatic heterocycles. The minimum Gasteiger partial charge on any atom is -0.0842 e. The van der Waals surface area contributed by atoms with E-state index in [0.717, 1.165) is 32.1 Å². The molecular weight excluding hydrogens is 480 g/mol. The molecule has 5 aromatic rings. The molecule has 1 unspecified atom stereocenters. The third-order valence-electron chi connectivity index (χ3n) is 9.17. The predicted octanol–water partition coefficient (Wildman–Crippen LogP) is 10.2. The van der Waals surface area contributed by atoms with Crippen molar-refractivity contribution in [2.24, 2.45) is 0 Å². The summed E-state index contributed by atoms with van der Waals surface area (Å²) in [5, 5.41) is 7.03. The van der Waals surface area contributed by atoms with Crippen molar-refractivity contribution >= 4 is 27.1 Å². The Hall–Kier alpha value is -4.42. The van der Waals surface area contributed by atoms with E-state index < -0.39 is 0 Å². The van der Waals surface area contributed by atoms with Crippen molar-refractivity contribution in [2.45, 2.75) is 38.0 Å². The van der Waals surface area contributed by atoms with Crippen LogP contribution in [0.15, 0.2) is 139 Å². The largest absolute Gasteiger partial charge is 0.0842 e. The van der Waals surface area contributed by atoms with Crippen LogP contribution in [0.3, 0.4) is 0 Å². The Morgan fingerprint density at radius 1 is 0.625 bits per heavy atom. The second-order valence-electron chi connectivity index (χ2n) is 11.4. The van der Waals surface area contributed by atoms with Gasteiger partial charge < -0.3 is 0 Å². The maximum atomic E-state index is 2.49. The van der Waals surface area contributed by atoms with Crippen molar-refractivity contribution < 1.29 is 0 Å². The molecule has 0 spiro atoms. The Balaban J connectivity index is 1.53. The first kappa shape index (κ1) is 23.5. The summed E-state index contributed by atoms with van der Waals surface area (Å²) in [7, 11) is 0. The summed E-state index contributed by atoms with van der Waals surface area (Å²) < 4.78 is 0. The molecule has 3 aliphatic carbocycles. The van der Waals surface area contributed by atoms with Crippen molar-refractivity contribution in [3.05, 3.63) is 149 Å². The number of allylic oxidation sites excluding steroid dienone is 8. The minimum absolute atomic E-state index is 0.390. The van der Waals surface area contributed by atoms with E-state index in [4.69, 9.17) is 0 Å². The average molecular weight is 513 g/mol. The van der Waals surface area contributed by atoms with Crippen molar-refractivity contribution in [3.8, 4) is 22.3 Å². The summed E-state index contributed by atoms with van der Waals surface area (Å²) in [6.07, 6.45) is 19.8. The smallest absolute Gasteiger partial charge is 0.0133 e. The van der Waals surface area contributed by atoms with Gasteiger partial charge in [0.25, 0.3) is 0 Å². The predicted molar refractivity (Wildman–Crippen MR) is 171 cm³/mol. The van der Waals surface area contributed by atoms with Gasteiger partial charge in [-0.25, -0.2) is 0 Å². The van der Waals surface area contributed by atoms with Crippen LogP contribution in [0.1, 0.15) is 43.6 Å². The van der Waals surface area contributed by atoms with E-state index in [1.54, 1.807) is 5.57 Å². The quantitative estimate of drug-likeness (QED) is 0.225. The van der Waals surface area contributed by atoms with Gasteiger partial charge in [-0.2, -0.15) is 0 Å². The zero-order valence-corrected chi connectivity index (χ0v) is 22.7. The molecule has 0 N–H and O–H groups in total. The molecule has 192 valence electrons. The number of rotatable bonds is 4. The van der Waals surface area contributed by atoms with Crippen molar-refractivity contribution in [3.63, 3.8) is 0 Å². The van der Waals surface area contributed by atoms with Crippen LogP contribution in [-0.2, 0) is 0 Å². The molecule has 0 saturated carbocycles. The van der Waals surface area contributed by atoms with Gasteiger partial charge in [-0.3, -0.25) is 0 Å². The van der Waals surface area contributed by atoms with Gasteiger partial charge in [0.15, 0.2) is 0 Å². The summed E-state index contributed by atoms with van der Waals surface area (Å²) in [6.45, 7) is 0. The first-order valence-electron chi connectivity index (χ1n) is 14.8. The van der Waals surface area contributed by atoms with E-state index in [1.165, 1.54) is 65.7 Å². The van der Waals surface area contributed by atoms with Crippen molar-refractivity contribution in [2.75, 3.05) is 0 Å². The van der Waals surface area contributed by atoms with E-state index in [1.807, 2.05) is 0 Å². The lowest BCUT2D eigenvalue weighted by molar-refractivity contribution is 0.807. The fourth-order valence-corrected chi connectivity index (χ4v) is 7.30. The summed E-state index contributed by atoms with van der Waals surface area (Å²) in [5.41, 5.74) is 11.2. The zero-order valence-electron chi connectivity index (χ0n) is 22.7. The van der Waals surface area contributed by atoms with Gasteiger partial charge >= 0.3 is 0 Å². The lowest BCUT2D eigenvalue weighted by atomic mass is 9.73. The molecule has 0 aliphatic heterocycles. The molecule has 5 aromatic carbocycles. The van der Waals surface area contributed by atoms with Gasteiger partial charge in [-0.1, -0.05) is 121 Å². The maximum Gasteiger partial charge on any atom is 0.0133 e. The molecule has 0 heteroatoms. The molecule has 40 heavy (non-hydrogen) atoms. The second kappa shape index (κ2) is 9.65. The van der Waals surface area contributed by atoms with Gasteiger partial charge in [0.2, 0.25) is 0 Å². The average Bonchev–Trinajstić information content (AvgIpc) is 3.04. The Morgan fingerprint density at radius 3 is 2.00 bits per heavy atom. The number of hydrogen-bond donors (Lipinski definition) is 0. The van der Waals surface area contributed by atoms with E-state index in [9.17, 15) is 0 Å². The number of hydrogen-bond acceptors (Lipinski definition) is 0. The molecule has 0 bridgehead atoms. The molecule has 1 atom stereocenters. The Bertz CT molecular complexity index is 1890. The normalized spacial score (nSPS) is 18.3. The van der Waals surface area contributed by atoms with E-state index in [2.05, 4.69) is 127 Å². The fourth-order valence-electron chi connectivity index (χ4n) is 7.30. The summed E-state index contributed by atoms with van der Waals surface area (Å²) in [4.78, 5) is 0. The molecule has 0 nitrogen and oxygen atoms in total. The van der Waals surface area contributed by atoms with Crippen LogP contribution in [0.5, 0.6) is 0 Å². The SMILES string of the molecule is C1=CCCC(C2=c3ccc4c(-c5ccccc5)cc(-c5ccccc5)c5ccc(c3c54)C(C3=CCCC=C3)C2)=C1. The first-order chi connectivity index (χ1) is 19.9. The molecule has 3 aliphatic rings. The van der Waals surface area contributed by atoms with Crippen LogP contribution in [0.4, 0.5) is 0 Å². The highest BCUT2D eigenvalue weighted by Crippen LogP contribution is 2.47. The third-order valence-corrected chi connectivity index (χ3v) is 9.17. The monoisotopic (exact) mass is 512 g/mol. The van der Waals surface area contributed by atoms with Crippen LogP contribution in [0.2, 0.25) is 0 Å². The molecule has 0 saturated heterocycles. The fraction of sp³-hybridized carbons (Fsp3) is 0.150. The van der Waals surface area contributed by atoms with E-state index in [-0.39, 0.29) is 0 Å². The topological polar surface area (TPSA) is 0 Å². The van der Waals surface area contributed by atoms with Gasteiger partial charge in [0.05, 0.1) is 0 Å². The lowest BCUT2D eigenvalue weighted by Crippen LogP contribution is -2.21. The van der Waals surface area contributed by atoms with Crippen LogP contribution in [0.25, 0.3) is 49.4 Å². The molecule has 0 radical (unpaired) electrons. The van der Waals surface area contributed by atoms with Crippen LogP contribution >= 0.6 is 0 Å². The minimum atomic E-state index is 0.390. The highest BCUT2D eigenvalue weighted by atomic mass is 14.3. The molecular formula is C40H32. The third kappa shape index (κ3) is 3.74. The Labute approximate surface area is 236 Å². The van der Waals surface area contributed by atoms with Gasteiger partial charge in [0, 0.05) is 5.92 Å². The van der Waals surface area contributed by atoms with Crippen molar-refractivity contribution in [1.29, 1.82) is 0 Å². The van der Waals surface area contributed by atoms with Crippen LogP contribution in [0, 0.1) is 0 Å². The molecule has 0 heterocycles. The highest BCUT2D eigenvalue weighted by Gasteiger charge is 2.28. The van der Waals surface area contributed by atoms with Gasteiger partial charge in [0.1, 0.15) is 0 Å². The lowest BCUT2D eigenvalue weighted by Gasteiger charge is -2.31. The van der Waals surface area contributed by atoms with Crippen LogP contribution < -0.4 is 5.22 Å². The van der Waals surface area contributed by atoms with E-state index in [0.29, 0.717) is 5.92 Å². The first-order valence-corrected chi connectivity index (χ1v) is 14.8. The van der Waals surface area contributed by atoms with Crippen molar-refractivity contribution in [1.82, 2.24) is 0 Å². The summed E-state index contributed by atoms with van der Waals surface area (Å²) >= 11 is 0. The summed E-state index contributed by atoms with van der Waals surface area (Å²) in [5.74, 6) is 0.390. The Morgan fingerprint density at radius 2 is 1.35 bits per heavy atom. The van der Waals surface area contributed by atoms with Gasteiger partial charge in [-0.15, -0.1) is 0 Å². The maximum absolute atomic E-state index is 2.49. The Kier molecular flexibility index (Phi) is 5.66. The number of benzene rings is 5. The highest BCUT2D eigenvalue weighted by molar-refractivity contribution is 6.21. The second-order valence-corrected chi connectivity index (χ2v) is 11.4. The van der Waals surface area contributed by atoms with Gasteiger partial charge in [-0.05, 0) is 109 Å². The zero-order chi connectivity index (χ0) is 26.5.